The van der Waals surface area contributed by atoms with Gasteiger partial charge in [0.25, 0.3) is 6.47 Å². The third-order valence-corrected chi connectivity index (χ3v) is 2.54. The van der Waals surface area contributed by atoms with Gasteiger partial charge in [-0.3, -0.25) is 4.79 Å². The summed E-state index contributed by atoms with van der Waals surface area (Å²) in [4.78, 5) is 10.5. The van der Waals surface area contributed by atoms with Crippen molar-refractivity contribution in [3.05, 3.63) is 42.1 Å². The molecule has 0 N–H and O–H groups in total. The molecule has 0 aliphatic heterocycles. The molecule has 3 nitrogen and oxygen atoms in total. The number of carbonyl (C=O) groups excluding carboxylic acids is 1. The van der Waals surface area contributed by atoms with Gasteiger partial charge in [-0.2, -0.15) is 0 Å². The predicted molar refractivity (Wildman–Crippen MR) is 62.3 cm³/mol. The smallest absolute Gasteiger partial charge is 0.299 e. The Labute approximate surface area is 94.3 Å². The Morgan fingerprint density at radius 2 is 1.94 bits per heavy atom. The molecule has 0 amide bonds. The number of rotatable bonds is 3. The van der Waals surface area contributed by atoms with Crippen molar-refractivity contribution in [3.63, 3.8) is 0 Å². The summed E-state index contributed by atoms with van der Waals surface area (Å²) in [5.41, 5.74) is 3.11. The molecule has 16 heavy (non-hydrogen) atoms. The number of aromatic nitrogens is 1. The van der Waals surface area contributed by atoms with E-state index in [0.29, 0.717) is 12.4 Å². The summed E-state index contributed by atoms with van der Waals surface area (Å²) in [5.74, 6) is 0.582. The zero-order valence-corrected chi connectivity index (χ0v) is 9.31. The Morgan fingerprint density at radius 1 is 1.25 bits per heavy atom. The number of aryl methyl sites for hydroxylation is 2. The molecule has 1 aromatic heterocycles. The van der Waals surface area contributed by atoms with Gasteiger partial charge in [-0.1, -0.05) is 30.3 Å². The molecule has 0 atom stereocenters. The zero-order chi connectivity index (χ0) is 11.5. The maximum atomic E-state index is 10.5. The highest BCUT2D eigenvalue weighted by Gasteiger charge is 2.14. The van der Waals surface area contributed by atoms with Crippen LogP contribution in [0.25, 0.3) is 11.1 Å². The lowest BCUT2D eigenvalue weighted by molar-refractivity contribution is -0.121. The molecule has 3 heteroatoms. The van der Waals surface area contributed by atoms with Gasteiger partial charge in [0.15, 0.2) is 0 Å². The largest absolute Gasteiger partial charge is 0.411 e. The molecular formula is C13H13NO2. The number of benzene rings is 1. The SMILES string of the molecule is Cc1cn(C)c(OC=O)c1-c1ccccc1. The first-order valence-corrected chi connectivity index (χ1v) is 5.05. The molecule has 1 aromatic carbocycles. The Bertz CT molecular complexity index is 500. The van der Waals surface area contributed by atoms with Gasteiger partial charge in [0.2, 0.25) is 5.88 Å². The average molecular weight is 215 g/mol. The van der Waals surface area contributed by atoms with Crippen molar-refractivity contribution < 1.29 is 9.53 Å². The van der Waals surface area contributed by atoms with E-state index >= 15 is 0 Å². The van der Waals surface area contributed by atoms with Crippen LogP contribution in [0.3, 0.4) is 0 Å². The van der Waals surface area contributed by atoms with E-state index in [-0.39, 0.29) is 0 Å². The third kappa shape index (κ3) is 1.72. The van der Waals surface area contributed by atoms with Crippen LogP contribution in [-0.4, -0.2) is 11.0 Å². The van der Waals surface area contributed by atoms with Crippen molar-refractivity contribution in [2.24, 2.45) is 7.05 Å². The summed E-state index contributed by atoms with van der Waals surface area (Å²) in [5, 5.41) is 0. The highest BCUT2D eigenvalue weighted by atomic mass is 16.5. The standard InChI is InChI=1S/C13H13NO2/c1-10-8-14(2)13(16-9-15)12(10)11-6-4-3-5-7-11/h3-9H,1-2H3. The summed E-state index contributed by atoms with van der Waals surface area (Å²) in [6.45, 7) is 2.46. The van der Waals surface area contributed by atoms with Crippen LogP contribution in [0.5, 0.6) is 5.88 Å². The first-order chi connectivity index (χ1) is 7.74. The minimum absolute atomic E-state index is 0.460. The van der Waals surface area contributed by atoms with Gasteiger partial charge in [-0.15, -0.1) is 0 Å². The van der Waals surface area contributed by atoms with E-state index in [4.69, 9.17) is 4.74 Å². The number of ether oxygens (including phenoxy) is 1. The molecule has 0 bridgehead atoms. The Morgan fingerprint density at radius 3 is 2.56 bits per heavy atom. The molecule has 0 radical (unpaired) electrons. The second-order valence-corrected chi connectivity index (χ2v) is 3.68. The molecule has 0 saturated carbocycles. The van der Waals surface area contributed by atoms with Crippen LogP contribution in [0.4, 0.5) is 0 Å². The second kappa shape index (κ2) is 4.23. The van der Waals surface area contributed by atoms with E-state index < -0.39 is 0 Å². The van der Waals surface area contributed by atoms with E-state index in [2.05, 4.69) is 0 Å². The Hall–Kier alpha value is -2.03. The average Bonchev–Trinajstić information content (AvgIpc) is 2.56. The zero-order valence-electron chi connectivity index (χ0n) is 9.31. The van der Waals surface area contributed by atoms with Crippen LogP contribution in [-0.2, 0) is 11.8 Å². The van der Waals surface area contributed by atoms with Crippen molar-refractivity contribution in [3.8, 4) is 17.0 Å². The van der Waals surface area contributed by atoms with Crippen LogP contribution < -0.4 is 4.74 Å². The van der Waals surface area contributed by atoms with Crippen LogP contribution in [0.15, 0.2) is 36.5 Å². The number of nitrogens with zero attached hydrogens (tertiary/aromatic N) is 1. The van der Waals surface area contributed by atoms with E-state index in [1.54, 1.807) is 0 Å². The second-order valence-electron chi connectivity index (χ2n) is 3.68. The van der Waals surface area contributed by atoms with Crippen molar-refractivity contribution in [2.75, 3.05) is 0 Å². The molecule has 0 fully saturated rings. The number of hydrogen-bond acceptors (Lipinski definition) is 2. The Kier molecular flexibility index (Phi) is 2.77. The molecular weight excluding hydrogens is 202 g/mol. The monoisotopic (exact) mass is 215 g/mol. The van der Waals surface area contributed by atoms with Gasteiger partial charge in [0, 0.05) is 18.8 Å². The summed E-state index contributed by atoms with van der Waals surface area (Å²) in [6.07, 6.45) is 1.95. The van der Waals surface area contributed by atoms with Crippen LogP contribution in [0.1, 0.15) is 5.56 Å². The summed E-state index contributed by atoms with van der Waals surface area (Å²) >= 11 is 0. The normalized spacial score (nSPS) is 10.1. The first kappa shape index (κ1) is 10.5. The van der Waals surface area contributed by atoms with E-state index in [1.807, 2.05) is 55.1 Å². The summed E-state index contributed by atoms with van der Waals surface area (Å²) < 4.78 is 6.84. The van der Waals surface area contributed by atoms with E-state index in [1.165, 1.54) is 0 Å². The van der Waals surface area contributed by atoms with Crippen LogP contribution in [0.2, 0.25) is 0 Å². The lowest BCUT2D eigenvalue weighted by Gasteiger charge is -2.05. The minimum Gasteiger partial charge on any atom is -0.411 e. The number of carbonyl (C=O) groups is 1. The fraction of sp³-hybridized carbons (Fsp3) is 0.154. The molecule has 0 aliphatic rings. The number of hydrogen-bond donors (Lipinski definition) is 0. The third-order valence-electron chi connectivity index (χ3n) is 2.54. The fourth-order valence-corrected chi connectivity index (χ4v) is 1.90. The lowest BCUT2D eigenvalue weighted by Crippen LogP contribution is -1.96. The molecule has 2 aromatic rings. The molecule has 0 aliphatic carbocycles. The van der Waals surface area contributed by atoms with E-state index in [0.717, 1.165) is 16.7 Å². The molecule has 2 rings (SSSR count). The summed E-state index contributed by atoms with van der Waals surface area (Å²) in [7, 11) is 1.86. The van der Waals surface area contributed by atoms with Crippen molar-refractivity contribution in [2.45, 2.75) is 6.92 Å². The van der Waals surface area contributed by atoms with Crippen LogP contribution in [0, 0.1) is 6.92 Å². The highest BCUT2D eigenvalue weighted by molar-refractivity contribution is 5.74. The van der Waals surface area contributed by atoms with Gasteiger partial charge < -0.3 is 9.30 Å². The predicted octanol–water partition coefficient (Wildman–Crippen LogP) is 2.54. The van der Waals surface area contributed by atoms with Gasteiger partial charge in [0.05, 0.1) is 0 Å². The molecule has 0 unspecified atom stereocenters. The summed E-state index contributed by atoms with van der Waals surface area (Å²) in [6, 6.07) is 9.89. The van der Waals surface area contributed by atoms with Gasteiger partial charge >= 0.3 is 0 Å². The highest BCUT2D eigenvalue weighted by Crippen LogP contribution is 2.33. The fourth-order valence-electron chi connectivity index (χ4n) is 1.90. The van der Waals surface area contributed by atoms with Gasteiger partial charge in [-0.25, -0.2) is 0 Å². The van der Waals surface area contributed by atoms with Crippen molar-refractivity contribution >= 4 is 6.47 Å². The first-order valence-electron chi connectivity index (χ1n) is 5.05. The molecule has 1 heterocycles. The maximum Gasteiger partial charge on any atom is 0.299 e. The Balaban J connectivity index is 2.59. The van der Waals surface area contributed by atoms with E-state index in [9.17, 15) is 4.79 Å². The van der Waals surface area contributed by atoms with Crippen molar-refractivity contribution in [1.29, 1.82) is 0 Å². The maximum absolute atomic E-state index is 10.5. The van der Waals surface area contributed by atoms with Crippen molar-refractivity contribution in [1.82, 2.24) is 4.57 Å². The molecule has 0 spiro atoms. The molecule has 0 saturated heterocycles. The lowest BCUT2D eigenvalue weighted by atomic mass is 10.1. The van der Waals surface area contributed by atoms with Gasteiger partial charge in [0.1, 0.15) is 0 Å². The minimum atomic E-state index is 0.460. The van der Waals surface area contributed by atoms with Gasteiger partial charge in [-0.05, 0) is 18.1 Å². The quantitative estimate of drug-likeness (QED) is 0.737. The molecule has 82 valence electrons. The van der Waals surface area contributed by atoms with Crippen LogP contribution >= 0.6 is 0 Å². The topological polar surface area (TPSA) is 31.2 Å².